The molecule has 2 aromatic carbocycles. The van der Waals surface area contributed by atoms with Gasteiger partial charge in [-0.15, -0.1) is 0 Å². The van der Waals surface area contributed by atoms with Crippen LogP contribution in [0.25, 0.3) is 5.69 Å². The molecule has 0 saturated heterocycles. The summed E-state index contributed by atoms with van der Waals surface area (Å²) in [6.07, 6.45) is 1.71. The number of hydrogen-bond acceptors (Lipinski definition) is 3. The summed E-state index contributed by atoms with van der Waals surface area (Å²) in [6, 6.07) is 15.2. The lowest BCUT2D eigenvalue weighted by Crippen LogP contribution is -3.09. The average Bonchev–Trinajstić information content (AvgIpc) is 2.98. The fourth-order valence-electron chi connectivity index (χ4n) is 2.79. The van der Waals surface area contributed by atoms with Gasteiger partial charge < -0.3 is 10.2 Å². The van der Waals surface area contributed by atoms with Gasteiger partial charge in [0.05, 0.1) is 23.4 Å². The quantitative estimate of drug-likeness (QED) is 0.623. The van der Waals surface area contributed by atoms with Crippen molar-refractivity contribution in [3.8, 4) is 5.69 Å². The lowest BCUT2D eigenvalue weighted by Gasteiger charge is -2.14. The summed E-state index contributed by atoms with van der Waals surface area (Å²) >= 11 is 11.6. The zero-order valence-electron chi connectivity index (χ0n) is 15.1. The topological polar surface area (TPSA) is 56.3 Å². The highest BCUT2D eigenvalue weighted by Crippen LogP contribution is 2.19. The Labute approximate surface area is 168 Å². The number of aryl methyl sites for hydroxylation is 1. The highest BCUT2D eigenvalue weighted by molar-refractivity contribution is 7.71. The summed E-state index contributed by atoms with van der Waals surface area (Å²) in [4.78, 5) is 13.2. The van der Waals surface area contributed by atoms with Crippen molar-refractivity contribution < 1.29 is 9.69 Å². The van der Waals surface area contributed by atoms with Crippen molar-refractivity contribution in [2.75, 3.05) is 18.9 Å². The molecule has 140 valence electrons. The van der Waals surface area contributed by atoms with Crippen LogP contribution in [0, 0.1) is 11.7 Å². The molecule has 1 unspecified atom stereocenters. The van der Waals surface area contributed by atoms with Crippen LogP contribution < -0.4 is 10.2 Å². The van der Waals surface area contributed by atoms with Crippen LogP contribution in [0.1, 0.15) is 5.56 Å². The van der Waals surface area contributed by atoms with E-state index in [4.69, 9.17) is 23.8 Å². The highest BCUT2D eigenvalue weighted by Gasteiger charge is 2.14. The maximum Gasteiger partial charge on any atom is 0.279 e. The van der Waals surface area contributed by atoms with Gasteiger partial charge in [-0.25, -0.2) is 0 Å². The van der Waals surface area contributed by atoms with Crippen LogP contribution in [-0.2, 0) is 11.5 Å². The molecule has 0 radical (unpaired) electrons. The largest absolute Gasteiger partial charge is 0.320 e. The molecule has 0 spiro atoms. The van der Waals surface area contributed by atoms with Crippen molar-refractivity contribution in [1.29, 1.82) is 0 Å². The first-order valence-corrected chi connectivity index (χ1v) is 9.30. The predicted octanol–water partition coefficient (Wildman–Crippen LogP) is 2.48. The van der Waals surface area contributed by atoms with Crippen molar-refractivity contribution in [3.63, 3.8) is 0 Å². The van der Waals surface area contributed by atoms with Crippen molar-refractivity contribution in [2.45, 2.75) is 13.6 Å². The monoisotopic (exact) mass is 402 g/mol. The van der Waals surface area contributed by atoms with Crippen molar-refractivity contribution >= 4 is 35.4 Å². The van der Waals surface area contributed by atoms with Crippen LogP contribution in [0.2, 0.25) is 5.02 Å². The molecule has 1 atom stereocenters. The molecule has 0 fully saturated rings. The predicted molar refractivity (Wildman–Crippen MR) is 109 cm³/mol. The van der Waals surface area contributed by atoms with E-state index in [0.717, 1.165) is 16.2 Å². The molecule has 0 aliphatic rings. The number of halogens is 1. The summed E-state index contributed by atoms with van der Waals surface area (Å²) in [7, 11) is 1.92. The summed E-state index contributed by atoms with van der Waals surface area (Å²) < 4.78 is 4.19. The van der Waals surface area contributed by atoms with E-state index in [1.807, 2.05) is 54.9 Å². The van der Waals surface area contributed by atoms with Crippen LogP contribution in [-0.4, -0.2) is 33.8 Å². The number of likely N-dealkylation sites (N-methyl/N-ethyl adjacent to an activating group) is 1. The summed E-state index contributed by atoms with van der Waals surface area (Å²) in [5, 5.41) is 7.72. The third kappa shape index (κ3) is 4.63. The molecule has 2 N–H and O–H groups in total. The summed E-state index contributed by atoms with van der Waals surface area (Å²) in [5.74, 6) is -0.120. The molecule has 1 aromatic heterocycles. The first-order chi connectivity index (χ1) is 13.0. The maximum atomic E-state index is 12.3. The van der Waals surface area contributed by atoms with Gasteiger partial charge in [0.15, 0.2) is 13.2 Å². The Morgan fingerprint density at radius 3 is 2.67 bits per heavy atom. The Balaban J connectivity index is 1.66. The van der Waals surface area contributed by atoms with E-state index in [0.29, 0.717) is 22.1 Å². The number of nitrogens with zero attached hydrogens (tertiary/aromatic N) is 3. The van der Waals surface area contributed by atoms with Gasteiger partial charge >= 0.3 is 0 Å². The van der Waals surface area contributed by atoms with Crippen molar-refractivity contribution in [2.24, 2.45) is 0 Å². The minimum Gasteiger partial charge on any atom is -0.320 e. The van der Waals surface area contributed by atoms with Crippen LogP contribution in [0.4, 0.5) is 5.69 Å². The number of nitrogens with one attached hydrogen (secondary N) is 2. The van der Waals surface area contributed by atoms with E-state index in [2.05, 4.69) is 10.4 Å². The molecule has 3 aromatic rings. The Morgan fingerprint density at radius 2 is 1.93 bits per heavy atom. The van der Waals surface area contributed by atoms with Gasteiger partial charge in [-0.1, -0.05) is 41.9 Å². The number of amides is 1. The fraction of sp³-hybridized carbons (Fsp3) is 0.211. The second kappa shape index (κ2) is 8.47. The Bertz CT molecular complexity index is 1010. The number of hydrogen-bond donors (Lipinski definition) is 2. The second-order valence-corrected chi connectivity index (χ2v) is 7.16. The minimum absolute atomic E-state index is 0.120. The fourth-order valence-corrected chi connectivity index (χ4v) is 3.23. The SMILES string of the molecule is Cc1ccccc1-n1cnn(C[NH+](C)CC(=O)Nc2ccccc2Cl)c1=S. The number of anilines is 1. The van der Waals surface area contributed by atoms with Gasteiger partial charge in [0.2, 0.25) is 4.77 Å². The normalized spacial score (nSPS) is 12.0. The second-order valence-electron chi connectivity index (χ2n) is 6.39. The van der Waals surface area contributed by atoms with Crippen LogP contribution in [0.15, 0.2) is 54.9 Å². The van der Waals surface area contributed by atoms with Crippen molar-refractivity contribution in [1.82, 2.24) is 14.3 Å². The molecule has 0 aliphatic heterocycles. The van der Waals surface area contributed by atoms with E-state index in [1.54, 1.807) is 23.1 Å². The molecule has 8 heteroatoms. The highest BCUT2D eigenvalue weighted by atomic mass is 35.5. The molecular formula is C19H21ClN5OS+. The molecule has 0 bridgehead atoms. The molecule has 1 amide bonds. The average molecular weight is 403 g/mol. The molecule has 6 nitrogen and oxygen atoms in total. The zero-order chi connectivity index (χ0) is 19.4. The van der Waals surface area contributed by atoms with Gasteiger partial charge in [0, 0.05) is 0 Å². The van der Waals surface area contributed by atoms with E-state index in [-0.39, 0.29) is 12.5 Å². The zero-order valence-corrected chi connectivity index (χ0v) is 16.7. The van der Waals surface area contributed by atoms with E-state index in [9.17, 15) is 4.79 Å². The number of aromatic nitrogens is 3. The molecule has 0 saturated carbocycles. The van der Waals surface area contributed by atoms with Gasteiger partial charge in [-0.05, 0) is 42.9 Å². The third-order valence-electron chi connectivity index (χ3n) is 4.14. The number of rotatable bonds is 6. The Hall–Kier alpha value is -2.48. The van der Waals surface area contributed by atoms with Crippen LogP contribution >= 0.6 is 23.8 Å². The lowest BCUT2D eigenvalue weighted by atomic mass is 10.2. The van der Waals surface area contributed by atoms with E-state index >= 15 is 0 Å². The third-order valence-corrected chi connectivity index (χ3v) is 4.88. The number of carbonyl (C=O) groups is 1. The van der Waals surface area contributed by atoms with E-state index in [1.165, 1.54) is 0 Å². The minimum atomic E-state index is -0.120. The number of benzene rings is 2. The number of carbonyl (C=O) groups excluding carboxylic acids is 1. The smallest absolute Gasteiger partial charge is 0.279 e. The van der Waals surface area contributed by atoms with Gasteiger partial charge in [0.1, 0.15) is 6.33 Å². The van der Waals surface area contributed by atoms with Gasteiger partial charge in [-0.3, -0.25) is 9.36 Å². The standard InChI is InChI=1S/C19H20ClN5OS/c1-14-7-3-6-10-17(14)24-12-21-25(19(24)27)13-23(2)11-18(26)22-16-9-5-4-8-15(16)20/h3-10,12H,11,13H2,1-2H3,(H,22,26)/p+1. The summed E-state index contributed by atoms with van der Waals surface area (Å²) in [5.41, 5.74) is 2.73. The van der Waals surface area contributed by atoms with Crippen LogP contribution in [0.5, 0.6) is 0 Å². The molecule has 3 rings (SSSR count). The summed E-state index contributed by atoms with van der Waals surface area (Å²) in [6.45, 7) is 2.78. The Kier molecular flexibility index (Phi) is 6.05. The molecular weight excluding hydrogens is 382 g/mol. The maximum absolute atomic E-state index is 12.3. The molecule has 0 aliphatic carbocycles. The van der Waals surface area contributed by atoms with Crippen molar-refractivity contribution in [3.05, 3.63) is 70.2 Å². The molecule has 1 heterocycles. The van der Waals surface area contributed by atoms with Gasteiger partial charge in [0.25, 0.3) is 5.91 Å². The first-order valence-electron chi connectivity index (χ1n) is 8.52. The molecule has 27 heavy (non-hydrogen) atoms. The number of para-hydroxylation sites is 2. The number of quaternary nitrogens is 1. The van der Waals surface area contributed by atoms with Gasteiger partial charge in [-0.2, -0.15) is 9.78 Å². The lowest BCUT2D eigenvalue weighted by molar-refractivity contribution is -0.895. The Morgan fingerprint density at radius 1 is 1.22 bits per heavy atom. The first kappa shape index (κ1) is 19.3. The van der Waals surface area contributed by atoms with E-state index < -0.39 is 0 Å². The van der Waals surface area contributed by atoms with Crippen LogP contribution in [0.3, 0.4) is 0 Å².